The molecule has 4 rings (SSSR count). The molecule has 144 valence electrons. The van der Waals surface area contributed by atoms with E-state index < -0.39 is 17.5 Å². The van der Waals surface area contributed by atoms with E-state index in [2.05, 4.69) is 19.2 Å². The highest BCUT2D eigenvalue weighted by Gasteiger charge is 2.55. The molecular formula is C22H22N2O4. The zero-order valence-electron chi connectivity index (χ0n) is 15.9. The summed E-state index contributed by atoms with van der Waals surface area (Å²) in [5, 5.41) is 2.81. The number of ketones is 1. The SMILES string of the molecule is CC(C)c1ccc(C(=O)CN2C(=O)NC3(CCOc4ccccc43)C2=O)cc1. The van der Waals surface area contributed by atoms with Crippen molar-refractivity contribution in [3.05, 3.63) is 65.2 Å². The van der Waals surface area contributed by atoms with Crippen LogP contribution in [0, 0.1) is 0 Å². The van der Waals surface area contributed by atoms with Gasteiger partial charge in [-0.2, -0.15) is 0 Å². The van der Waals surface area contributed by atoms with Crippen molar-refractivity contribution in [2.24, 2.45) is 0 Å². The highest BCUT2D eigenvalue weighted by atomic mass is 16.5. The summed E-state index contributed by atoms with van der Waals surface area (Å²) in [4.78, 5) is 39.5. The van der Waals surface area contributed by atoms with E-state index in [1.807, 2.05) is 18.2 Å². The van der Waals surface area contributed by atoms with E-state index >= 15 is 0 Å². The molecule has 3 amide bonds. The molecule has 1 N–H and O–H groups in total. The van der Waals surface area contributed by atoms with Crippen LogP contribution in [-0.4, -0.2) is 35.8 Å². The zero-order valence-corrected chi connectivity index (χ0v) is 15.9. The molecule has 2 aromatic rings. The van der Waals surface area contributed by atoms with Crippen molar-refractivity contribution in [2.75, 3.05) is 13.2 Å². The lowest BCUT2D eigenvalue weighted by Crippen LogP contribution is -2.47. The van der Waals surface area contributed by atoms with Gasteiger partial charge in [-0.3, -0.25) is 14.5 Å². The largest absolute Gasteiger partial charge is 0.493 e. The van der Waals surface area contributed by atoms with Gasteiger partial charge in [-0.25, -0.2) is 4.79 Å². The fraction of sp³-hybridized carbons (Fsp3) is 0.318. The lowest BCUT2D eigenvalue weighted by molar-refractivity contribution is -0.132. The summed E-state index contributed by atoms with van der Waals surface area (Å²) in [6.07, 6.45) is 0.336. The molecule has 6 heteroatoms. The molecule has 0 radical (unpaired) electrons. The Balaban J connectivity index is 1.58. The number of nitrogens with zero attached hydrogens (tertiary/aromatic N) is 1. The quantitative estimate of drug-likeness (QED) is 0.655. The minimum absolute atomic E-state index is 0.267. The fourth-order valence-electron chi connectivity index (χ4n) is 3.80. The number of carbonyl (C=O) groups is 3. The average molecular weight is 378 g/mol. The molecule has 1 fully saturated rings. The van der Waals surface area contributed by atoms with Crippen LogP contribution < -0.4 is 10.1 Å². The van der Waals surface area contributed by atoms with E-state index in [9.17, 15) is 14.4 Å². The molecule has 6 nitrogen and oxygen atoms in total. The monoisotopic (exact) mass is 378 g/mol. The van der Waals surface area contributed by atoms with E-state index in [1.165, 1.54) is 0 Å². The summed E-state index contributed by atoms with van der Waals surface area (Å²) in [5.41, 5.74) is 1.09. The molecular weight excluding hydrogens is 356 g/mol. The lowest BCUT2D eigenvalue weighted by atomic mass is 9.84. The molecule has 2 aliphatic rings. The summed E-state index contributed by atoms with van der Waals surface area (Å²) in [7, 11) is 0. The summed E-state index contributed by atoms with van der Waals surface area (Å²) >= 11 is 0. The number of fused-ring (bicyclic) bond motifs is 2. The standard InChI is InChI=1S/C22H22N2O4/c1-14(2)15-7-9-16(10-8-15)18(25)13-24-20(26)22(23-21(24)27)11-12-28-19-6-4-3-5-17(19)22/h3-10,14H,11-13H2,1-2H3,(H,23,27). The molecule has 1 saturated heterocycles. The molecule has 0 aromatic heterocycles. The van der Waals surface area contributed by atoms with Crippen molar-refractivity contribution >= 4 is 17.7 Å². The molecule has 0 aliphatic carbocycles. The second-order valence-electron chi connectivity index (χ2n) is 7.52. The van der Waals surface area contributed by atoms with Gasteiger partial charge in [0.1, 0.15) is 5.75 Å². The maximum atomic E-state index is 13.2. The second kappa shape index (κ2) is 6.78. The Hall–Kier alpha value is -3.15. The topological polar surface area (TPSA) is 75.7 Å². The van der Waals surface area contributed by atoms with Gasteiger partial charge in [-0.1, -0.05) is 56.3 Å². The van der Waals surface area contributed by atoms with Crippen molar-refractivity contribution in [3.63, 3.8) is 0 Å². The van der Waals surface area contributed by atoms with Gasteiger partial charge in [-0.05, 0) is 17.5 Å². The number of amides is 3. The molecule has 2 heterocycles. The molecule has 0 saturated carbocycles. The first-order valence-corrected chi connectivity index (χ1v) is 9.42. The van der Waals surface area contributed by atoms with Gasteiger partial charge in [-0.15, -0.1) is 0 Å². The molecule has 1 spiro atoms. The highest BCUT2D eigenvalue weighted by Crippen LogP contribution is 2.40. The number of para-hydroxylation sites is 1. The summed E-state index contributed by atoms with van der Waals surface area (Å²) < 4.78 is 5.62. The van der Waals surface area contributed by atoms with Crippen LogP contribution in [0.25, 0.3) is 0 Å². The fourth-order valence-corrected chi connectivity index (χ4v) is 3.80. The zero-order chi connectivity index (χ0) is 19.9. The summed E-state index contributed by atoms with van der Waals surface area (Å²) in [5.74, 6) is 0.278. The highest BCUT2D eigenvalue weighted by molar-refractivity contribution is 6.11. The maximum absolute atomic E-state index is 13.2. The van der Waals surface area contributed by atoms with Gasteiger partial charge in [0.25, 0.3) is 5.91 Å². The third-order valence-electron chi connectivity index (χ3n) is 5.46. The Kier molecular flexibility index (Phi) is 4.41. The molecule has 1 atom stereocenters. The first-order valence-electron chi connectivity index (χ1n) is 9.42. The number of nitrogens with one attached hydrogen (secondary N) is 1. The van der Waals surface area contributed by atoms with Crippen LogP contribution in [-0.2, 0) is 10.3 Å². The van der Waals surface area contributed by atoms with Gasteiger partial charge in [0.15, 0.2) is 11.3 Å². The van der Waals surface area contributed by atoms with Crippen molar-refractivity contribution in [1.29, 1.82) is 0 Å². The minimum atomic E-state index is -1.16. The van der Waals surface area contributed by atoms with Crippen molar-refractivity contribution in [1.82, 2.24) is 10.2 Å². The van der Waals surface area contributed by atoms with Gasteiger partial charge in [0, 0.05) is 17.5 Å². The van der Waals surface area contributed by atoms with Crippen LogP contribution in [0.1, 0.15) is 47.7 Å². The van der Waals surface area contributed by atoms with E-state index in [4.69, 9.17) is 4.74 Å². The third-order valence-corrected chi connectivity index (χ3v) is 5.46. The molecule has 2 aliphatic heterocycles. The van der Waals surface area contributed by atoms with Crippen molar-refractivity contribution in [2.45, 2.75) is 31.7 Å². The number of benzene rings is 2. The van der Waals surface area contributed by atoms with Crippen molar-refractivity contribution in [3.8, 4) is 5.75 Å². The average Bonchev–Trinajstić information content (AvgIpc) is 2.93. The Morgan fingerprint density at radius 1 is 1.14 bits per heavy atom. The predicted molar refractivity (Wildman–Crippen MR) is 103 cm³/mol. The Morgan fingerprint density at radius 3 is 2.57 bits per heavy atom. The maximum Gasteiger partial charge on any atom is 0.325 e. The van der Waals surface area contributed by atoms with Crippen LogP contribution in [0.3, 0.4) is 0 Å². The van der Waals surface area contributed by atoms with Gasteiger partial charge >= 0.3 is 6.03 Å². The predicted octanol–water partition coefficient (Wildman–Crippen LogP) is 3.22. The van der Waals surface area contributed by atoms with E-state index in [1.54, 1.807) is 30.3 Å². The van der Waals surface area contributed by atoms with Gasteiger partial charge in [0.05, 0.1) is 13.2 Å². The molecule has 2 aromatic carbocycles. The van der Waals surface area contributed by atoms with E-state index in [-0.39, 0.29) is 12.3 Å². The first kappa shape index (κ1) is 18.2. The number of hydrogen-bond acceptors (Lipinski definition) is 4. The van der Waals surface area contributed by atoms with Crippen molar-refractivity contribution < 1.29 is 19.1 Å². The minimum Gasteiger partial charge on any atom is -0.493 e. The van der Waals surface area contributed by atoms with Gasteiger partial charge in [0.2, 0.25) is 0 Å². The molecule has 0 bridgehead atoms. The summed E-state index contributed by atoms with van der Waals surface area (Å²) in [6, 6.07) is 13.9. The van der Waals surface area contributed by atoms with Crippen LogP contribution >= 0.6 is 0 Å². The number of imide groups is 1. The second-order valence-corrected chi connectivity index (χ2v) is 7.52. The van der Waals surface area contributed by atoms with Gasteiger partial charge < -0.3 is 10.1 Å². The number of rotatable bonds is 4. The van der Waals surface area contributed by atoms with Crippen LogP contribution in [0.4, 0.5) is 4.79 Å². The normalized spacial score (nSPS) is 20.9. The van der Waals surface area contributed by atoms with Crippen LogP contribution in [0.15, 0.2) is 48.5 Å². The smallest absolute Gasteiger partial charge is 0.325 e. The van der Waals surface area contributed by atoms with E-state index in [0.29, 0.717) is 35.8 Å². The third kappa shape index (κ3) is 2.85. The lowest BCUT2D eigenvalue weighted by Gasteiger charge is -2.33. The Labute approximate surface area is 163 Å². The van der Waals surface area contributed by atoms with Crippen LogP contribution in [0.2, 0.25) is 0 Å². The first-order chi connectivity index (χ1) is 13.4. The molecule has 28 heavy (non-hydrogen) atoms. The number of urea groups is 1. The number of carbonyl (C=O) groups excluding carboxylic acids is 3. The Bertz CT molecular complexity index is 951. The van der Waals surface area contributed by atoms with E-state index in [0.717, 1.165) is 10.5 Å². The number of hydrogen-bond donors (Lipinski definition) is 1. The Morgan fingerprint density at radius 2 is 1.86 bits per heavy atom. The number of ether oxygens (including phenoxy) is 1. The van der Waals surface area contributed by atoms with Crippen LogP contribution in [0.5, 0.6) is 5.75 Å². The summed E-state index contributed by atoms with van der Waals surface area (Å²) in [6.45, 7) is 4.20. The number of Topliss-reactive ketones (excluding diaryl/α,β-unsaturated/α-hetero) is 1. The molecule has 1 unspecified atom stereocenters.